The van der Waals surface area contributed by atoms with E-state index in [9.17, 15) is 9.59 Å². The number of nitrogens with zero attached hydrogens (tertiary/aromatic N) is 2. The van der Waals surface area contributed by atoms with Crippen LogP contribution in [0.4, 0.5) is 11.4 Å². The molecule has 2 amide bonds. The number of carbonyl (C=O) groups is 2. The van der Waals surface area contributed by atoms with E-state index in [-0.39, 0.29) is 23.8 Å². The van der Waals surface area contributed by atoms with Crippen LogP contribution in [0.3, 0.4) is 0 Å². The second kappa shape index (κ2) is 11.3. The number of rotatable bonds is 10. The Morgan fingerprint density at radius 3 is 2.26 bits per heavy atom. The van der Waals surface area contributed by atoms with Crippen LogP contribution in [-0.4, -0.2) is 36.9 Å². The summed E-state index contributed by atoms with van der Waals surface area (Å²) >= 11 is 1.42. The van der Waals surface area contributed by atoms with Crippen molar-refractivity contribution in [2.24, 2.45) is 11.8 Å². The molecule has 6 heteroatoms. The van der Waals surface area contributed by atoms with Gasteiger partial charge >= 0.3 is 0 Å². The lowest BCUT2D eigenvalue weighted by atomic mass is 9.97. The standard InChI is InChI=1S/C25H37N3O2S/c1-8-19(9-2)25(30)28(18(5)17(3)4)16-20-15-21(12-13-22(20)27(6)7)26-24(29)23-11-10-14-31-23/h10-15,17-19H,8-9,16H2,1-7H3,(H,26,29)/t18-/m0/s1. The van der Waals surface area contributed by atoms with Crippen LogP contribution in [0.1, 0.15) is 62.7 Å². The molecule has 1 heterocycles. The van der Waals surface area contributed by atoms with Crippen molar-refractivity contribution in [2.75, 3.05) is 24.3 Å². The Balaban J connectivity index is 2.39. The highest BCUT2D eigenvalue weighted by Crippen LogP contribution is 2.28. The lowest BCUT2D eigenvalue weighted by Crippen LogP contribution is -2.44. The second-order valence-corrected chi connectivity index (χ2v) is 9.58. The van der Waals surface area contributed by atoms with Crippen molar-refractivity contribution in [3.8, 4) is 0 Å². The van der Waals surface area contributed by atoms with E-state index in [1.807, 2.05) is 54.7 Å². The Kier molecular flexibility index (Phi) is 9.11. The normalized spacial score (nSPS) is 12.2. The third-order valence-corrected chi connectivity index (χ3v) is 6.85. The molecule has 0 aliphatic rings. The van der Waals surface area contributed by atoms with Crippen LogP contribution >= 0.6 is 11.3 Å². The van der Waals surface area contributed by atoms with E-state index in [0.29, 0.717) is 17.3 Å². The minimum atomic E-state index is -0.112. The molecule has 0 aliphatic heterocycles. The molecule has 0 saturated heterocycles. The Hall–Kier alpha value is -2.34. The van der Waals surface area contributed by atoms with Crippen LogP contribution < -0.4 is 10.2 Å². The Bertz CT molecular complexity index is 858. The van der Waals surface area contributed by atoms with Gasteiger partial charge in [-0.1, -0.05) is 33.8 Å². The van der Waals surface area contributed by atoms with E-state index >= 15 is 0 Å². The highest BCUT2D eigenvalue weighted by atomic mass is 32.1. The molecule has 170 valence electrons. The average Bonchev–Trinajstić information content (AvgIpc) is 3.27. The largest absolute Gasteiger partial charge is 0.377 e. The Morgan fingerprint density at radius 1 is 1.06 bits per heavy atom. The average molecular weight is 444 g/mol. The molecule has 2 rings (SSSR count). The smallest absolute Gasteiger partial charge is 0.265 e. The maximum Gasteiger partial charge on any atom is 0.265 e. The fourth-order valence-electron chi connectivity index (χ4n) is 3.67. The van der Waals surface area contributed by atoms with Crippen molar-refractivity contribution in [2.45, 2.75) is 60.0 Å². The van der Waals surface area contributed by atoms with Gasteiger partial charge in [0.1, 0.15) is 0 Å². The maximum atomic E-state index is 13.4. The van der Waals surface area contributed by atoms with Gasteiger partial charge in [-0.15, -0.1) is 11.3 Å². The molecule has 1 aromatic heterocycles. The first kappa shape index (κ1) is 24.9. The van der Waals surface area contributed by atoms with Crippen molar-refractivity contribution >= 4 is 34.5 Å². The second-order valence-electron chi connectivity index (χ2n) is 8.63. The lowest BCUT2D eigenvalue weighted by Gasteiger charge is -2.35. The summed E-state index contributed by atoms with van der Waals surface area (Å²) in [6, 6.07) is 9.74. The molecule has 1 aromatic carbocycles. The Morgan fingerprint density at radius 2 is 1.74 bits per heavy atom. The van der Waals surface area contributed by atoms with E-state index in [0.717, 1.165) is 29.8 Å². The molecule has 1 N–H and O–H groups in total. The topological polar surface area (TPSA) is 52.7 Å². The molecule has 1 atom stereocenters. The SMILES string of the molecule is CCC(CC)C(=O)N(Cc1cc(NC(=O)c2cccs2)ccc1N(C)C)[C@@H](C)C(C)C. The van der Waals surface area contributed by atoms with Gasteiger partial charge in [-0.2, -0.15) is 0 Å². The number of anilines is 2. The minimum Gasteiger partial charge on any atom is -0.377 e. The molecule has 0 unspecified atom stereocenters. The third kappa shape index (κ3) is 6.33. The number of thiophene rings is 1. The van der Waals surface area contributed by atoms with Crippen molar-refractivity contribution in [3.05, 3.63) is 46.2 Å². The number of carbonyl (C=O) groups excluding carboxylic acids is 2. The van der Waals surface area contributed by atoms with E-state index in [1.54, 1.807) is 0 Å². The molecule has 2 aromatic rings. The first-order chi connectivity index (χ1) is 14.7. The molecule has 0 radical (unpaired) electrons. The van der Waals surface area contributed by atoms with Crippen molar-refractivity contribution in [3.63, 3.8) is 0 Å². The van der Waals surface area contributed by atoms with Crippen LogP contribution in [0.15, 0.2) is 35.7 Å². The van der Waals surface area contributed by atoms with E-state index < -0.39 is 0 Å². The van der Waals surface area contributed by atoms with E-state index in [4.69, 9.17) is 0 Å². The molecule has 31 heavy (non-hydrogen) atoms. The summed E-state index contributed by atoms with van der Waals surface area (Å²) in [5.41, 5.74) is 2.82. The molecule has 5 nitrogen and oxygen atoms in total. The quantitative estimate of drug-likeness (QED) is 0.499. The van der Waals surface area contributed by atoms with Crippen molar-refractivity contribution < 1.29 is 9.59 Å². The summed E-state index contributed by atoms with van der Waals surface area (Å²) < 4.78 is 0. The maximum absolute atomic E-state index is 13.4. The van der Waals surface area contributed by atoms with Crippen LogP contribution in [0, 0.1) is 11.8 Å². The third-order valence-electron chi connectivity index (χ3n) is 5.98. The van der Waals surface area contributed by atoms with Crippen LogP contribution in [0.25, 0.3) is 0 Å². The van der Waals surface area contributed by atoms with Gasteiger partial charge < -0.3 is 15.1 Å². The number of benzene rings is 1. The summed E-state index contributed by atoms with van der Waals surface area (Å²) in [6.07, 6.45) is 1.68. The summed E-state index contributed by atoms with van der Waals surface area (Å²) in [4.78, 5) is 30.7. The summed E-state index contributed by atoms with van der Waals surface area (Å²) in [6.45, 7) is 11.1. The van der Waals surface area contributed by atoms with Crippen molar-refractivity contribution in [1.82, 2.24) is 4.90 Å². The highest BCUT2D eigenvalue weighted by molar-refractivity contribution is 7.12. The summed E-state index contributed by atoms with van der Waals surface area (Å²) in [7, 11) is 4.00. The molecular formula is C25H37N3O2S. The highest BCUT2D eigenvalue weighted by Gasteiger charge is 2.28. The van der Waals surface area contributed by atoms with Gasteiger partial charge in [0.25, 0.3) is 5.91 Å². The molecular weight excluding hydrogens is 406 g/mol. The van der Waals surface area contributed by atoms with Crippen LogP contribution in [-0.2, 0) is 11.3 Å². The van der Waals surface area contributed by atoms with E-state index in [1.165, 1.54) is 11.3 Å². The zero-order valence-electron chi connectivity index (χ0n) is 19.9. The monoisotopic (exact) mass is 443 g/mol. The first-order valence-corrected chi connectivity index (χ1v) is 12.0. The zero-order chi connectivity index (χ0) is 23.1. The van der Waals surface area contributed by atoms with Gasteiger partial charge in [-0.05, 0) is 60.9 Å². The summed E-state index contributed by atoms with van der Waals surface area (Å²) in [5.74, 6) is 0.483. The lowest BCUT2D eigenvalue weighted by molar-refractivity contribution is -0.139. The number of nitrogens with one attached hydrogen (secondary N) is 1. The zero-order valence-corrected chi connectivity index (χ0v) is 20.8. The number of amides is 2. The van der Waals surface area contributed by atoms with E-state index in [2.05, 4.69) is 44.8 Å². The molecule has 0 saturated carbocycles. The minimum absolute atomic E-state index is 0.0331. The molecule has 0 bridgehead atoms. The number of hydrogen-bond acceptors (Lipinski definition) is 4. The van der Waals surface area contributed by atoms with Gasteiger partial charge in [-0.3, -0.25) is 9.59 Å². The van der Waals surface area contributed by atoms with Gasteiger partial charge in [0.15, 0.2) is 0 Å². The number of hydrogen-bond donors (Lipinski definition) is 1. The van der Waals surface area contributed by atoms with Gasteiger partial charge in [0.2, 0.25) is 5.91 Å². The fourth-order valence-corrected chi connectivity index (χ4v) is 4.28. The predicted molar refractivity (Wildman–Crippen MR) is 132 cm³/mol. The van der Waals surface area contributed by atoms with Gasteiger partial charge in [0.05, 0.1) is 4.88 Å². The first-order valence-electron chi connectivity index (χ1n) is 11.1. The molecule has 0 spiro atoms. The molecule has 0 fully saturated rings. The Labute approximate surface area is 191 Å². The molecule has 0 aliphatic carbocycles. The van der Waals surface area contributed by atoms with Crippen molar-refractivity contribution in [1.29, 1.82) is 0 Å². The fraction of sp³-hybridized carbons (Fsp3) is 0.520. The predicted octanol–water partition coefficient (Wildman–Crippen LogP) is 5.88. The summed E-state index contributed by atoms with van der Waals surface area (Å²) in [5, 5.41) is 4.89. The van der Waals surface area contributed by atoms with Gasteiger partial charge in [-0.25, -0.2) is 0 Å². The van der Waals surface area contributed by atoms with Crippen LogP contribution in [0.2, 0.25) is 0 Å². The van der Waals surface area contributed by atoms with Gasteiger partial charge in [0, 0.05) is 44.0 Å². The van der Waals surface area contributed by atoms with Crippen LogP contribution in [0.5, 0.6) is 0 Å².